The molecular weight excluding hydrogens is 346 g/mol. The molecule has 0 aliphatic rings. The van der Waals surface area contributed by atoms with E-state index in [0.29, 0.717) is 5.75 Å². The monoisotopic (exact) mass is 363 g/mol. The molecule has 0 aromatic heterocycles. The molecule has 0 heterocycles. The number of nitrogens with one attached hydrogen (secondary N) is 1. The number of carbonyl (C=O) groups is 1. The van der Waals surface area contributed by atoms with Crippen molar-refractivity contribution in [2.45, 2.75) is 24.8 Å². The first kappa shape index (κ1) is 16.1. The van der Waals surface area contributed by atoms with Crippen molar-refractivity contribution in [3.63, 3.8) is 0 Å². The molecule has 2 aromatic rings. The minimum Gasteiger partial charge on any atom is -0.349 e. The van der Waals surface area contributed by atoms with Crippen molar-refractivity contribution in [1.82, 2.24) is 5.32 Å². The minimum absolute atomic E-state index is 0.0167. The Bertz CT molecular complexity index is 612. The van der Waals surface area contributed by atoms with Crippen LogP contribution in [0.1, 0.15) is 24.1 Å². The summed E-state index contributed by atoms with van der Waals surface area (Å²) in [7, 11) is 0. The predicted molar refractivity (Wildman–Crippen MR) is 92.6 cm³/mol. The first-order valence-electron chi connectivity index (χ1n) is 6.79. The first-order chi connectivity index (χ1) is 10.1. The van der Waals surface area contributed by atoms with Crippen molar-refractivity contribution in [1.29, 1.82) is 0 Å². The Kier molecular flexibility index (Phi) is 5.88. The second-order valence-corrected chi connectivity index (χ2v) is 6.83. The smallest absolute Gasteiger partial charge is 0.230 e. The lowest BCUT2D eigenvalue weighted by atomic mass is 10.1. The van der Waals surface area contributed by atoms with Crippen molar-refractivity contribution >= 4 is 33.6 Å². The zero-order valence-electron chi connectivity index (χ0n) is 12.1. The second kappa shape index (κ2) is 7.66. The SMILES string of the molecule is Cc1ccccc1SCC(=O)N[C@@H](C)c1ccc(Br)cc1. The molecule has 110 valence electrons. The molecule has 0 radical (unpaired) electrons. The first-order valence-corrected chi connectivity index (χ1v) is 8.57. The fraction of sp³-hybridized carbons (Fsp3) is 0.235. The van der Waals surface area contributed by atoms with E-state index in [1.165, 1.54) is 5.56 Å². The average molecular weight is 364 g/mol. The number of aryl methyl sites for hydroxylation is 1. The highest BCUT2D eigenvalue weighted by Crippen LogP contribution is 2.22. The summed E-state index contributed by atoms with van der Waals surface area (Å²) in [6.45, 7) is 4.06. The minimum atomic E-state index is 0.0167. The van der Waals surface area contributed by atoms with E-state index >= 15 is 0 Å². The Morgan fingerprint density at radius 2 is 1.86 bits per heavy atom. The zero-order chi connectivity index (χ0) is 15.2. The number of thioether (sulfide) groups is 1. The predicted octanol–water partition coefficient (Wildman–Crippen LogP) is 4.73. The summed E-state index contributed by atoms with van der Waals surface area (Å²) >= 11 is 4.99. The third-order valence-electron chi connectivity index (χ3n) is 3.20. The normalized spacial score (nSPS) is 12.0. The number of rotatable bonds is 5. The molecule has 0 saturated heterocycles. The summed E-state index contributed by atoms with van der Waals surface area (Å²) in [5.41, 5.74) is 2.31. The maximum absolute atomic E-state index is 12.0. The average Bonchev–Trinajstić information content (AvgIpc) is 2.47. The van der Waals surface area contributed by atoms with Gasteiger partial charge in [-0.05, 0) is 43.2 Å². The van der Waals surface area contributed by atoms with Crippen molar-refractivity contribution in [2.75, 3.05) is 5.75 Å². The van der Waals surface area contributed by atoms with Gasteiger partial charge in [0.05, 0.1) is 11.8 Å². The molecule has 0 spiro atoms. The number of benzene rings is 2. The summed E-state index contributed by atoms with van der Waals surface area (Å²) in [4.78, 5) is 13.2. The molecule has 2 nitrogen and oxygen atoms in total. The Morgan fingerprint density at radius 3 is 2.52 bits per heavy atom. The standard InChI is InChI=1S/C17H18BrNOS/c1-12-5-3-4-6-16(12)21-11-17(20)19-13(2)14-7-9-15(18)10-8-14/h3-10,13H,11H2,1-2H3,(H,19,20)/t13-/m0/s1. The summed E-state index contributed by atoms with van der Waals surface area (Å²) in [6, 6.07) is 16.1. The Labute approximate surface area is 138 Å². The molecular formula is C17H18BrNOS. The lowest BCUT2D eigenvalue weighted by Crippen LogP contribution is -2.28. The summed E-state index contributed by atoms with van der Waals surface area (Å²) in [6.07, 6.45) is 0. The maximum atomic E-state index is 12.0. The van der Waals surface area contributed by atoms with Crippen LogP contribution < -0.4 is 5.32 Å². The van der Waals surface area contributed by atoms with Gasteiger partial charge in [-0.1, -0.05) is 46.3 Å². The van der Waals surface area contributed by atoms with Crippen LogP contribution in [0.3, 0.4) is 0 Å². The van der Waals surface area contributed by atoms with Crippen LogP contribution in [0.2, 0.25) is 0 Å². The van der Waals surface area contributed by atoms with Crippen LogP contribution in [0.5, 0.6) is 0 Å². The van der Waals surface area contributed by atoms with Crippen LogP contribution in [-0.2, 0) is 4.79 Å². The van der Waals surface area contributed by atoms with Crippen LogP contribution >= 0.6 is 27.7 Å². The molecule has 2 rings (SSSR count). The van der Waals surface area contributed by atoms with E-state index in [0.717, 1.165) is 14.9 Å². The van der Waals surface area contributed by atoms with Gasteiger partial charge in [-0.25, -0.2) is 0 Å². The van der Waals surface area contributed by atoms with Crippen LogP contribution in [0.25, 0.3) is 0 Å². The fourth-order valence-corrected chi connectivity index (χ4v) is 3.08. The lowest BCUT2D eigenvalue weighted by Gasteiger charge is -2.14. The number of carbonyl (C=O) groups excluding carboxylic acids is 1. The van der Waals surface area contributed by atoms with Gasteiger partial charge in [0.15, 0.2) is 0 Å². The van der Waals surface area contributed by atoms with E-state index in [-0.39, 0.29) is 11.9 Å². The topological polar surface area (TPSA) is 29.1 Å². The van der Waals surface area contributed by atoms with Crippen molar-refractivity contribution in [3.05, 3.63) is 64.1 Å². The van der Waals surface area contributed by atoms with Gasteiger partial charge in [0.2, 0.25) is 5.91 Å². The van der Waals surface area contributed by atoms with Gasteiger partial charge in [-0.3, -0.25) is 4.79 Å². The van der Waals surface area contributed by atoms with Gasteiger partial charge in [-0.15, -0.1) is 11.8 Å². The zero-order valence-corrected chi connectivity index (χ0v) is 14.5. The van der Waals surface area contributed by atoms with E-state index in [1.807, 2.05) is 49.4 Å². The van der Waals surface area contributed by atoms with E-state index in [2.05, 4.69) is 34.2 Å². The maximum Gasteiger partial charge on any atom is 0.230 e. The largest absolute Gasteiger partial charge is 0.349 e. The van der Waals surface area contributed by atoms with Crippen LogP contribution in [0.15, 0.2) is 57.9 Å². The molecule has 0 bridgehead atoms. The molecule has 0 aliphatic heterocycles. The summed E-state index contributed by atoms with van der Waals surface area (Å²) in [5, 5.41) is 3.03. The summed E-state index contributed by atoms with van der Waals surface area (Å²) in [5.74, 6) is 0.491. The fourth-order valence-electron chi connectivity index (χ4n) is 1.98. The van der Waals surface area contributed by atoms with Gasteiger partial charge < -0.3 is 5.32 Å². The molecule has 1 atom stereocenters. The number of halogens is 1. The quantitative estimate of drug-likeness (QED) is 0.778. The van der Waals surface area contributed by atoms with Crippen LogP contribution in [0.4, 0.5) is 0 Å². The van der Waals surface area contributed by atoms with Crippen molar-refractivity contribution in [3.8, 4) is 0 Å². The number of hydrogen-bond acceptors (Lipinski definition) is 2. The molecule has 21 heavy (non-hydrogen) atoms. The molecule has 4 heteroatoms. The van der Waals surface area contributed by atoms with E-state index < -0.39 is 0 Å². The highest BCUT2D eigenvalue weighted by Gasteiger charge is 2.10. The molecule has 0 aliphatic carbocycles. The number of hydrogen-bond donors (Lipinski definition) is 1. The van der Waals surface area contributed by atoms with E-state index in [9.17, 15) is 4.79 Å². The van der Waals surface area contributed by atoms with E-state index in [1.54, 1.807) is 11.8 Å². The van der Waals surface area contributed by atoms with Gasteiger partial charge in [0.25, 0.3) is 0 Å². The number of amides is 1. The van der Waals surface area contributed by atoms with E-state index in [4.69, 9.17) is 0 Å². The van der Waals surface area contributed by atoms with Gasteiger partial charge in [0, 0.05) is 9.37 Å². The molecule has 2 aromatic carbocycles. The third-order valence-corrected chi connectivity index (χ3v) is 4.90. The van der Waals surface area contributed by atoms with Crippen molar-refractivity contribution in [2.24, 2.45) is 0 Å². The Hall–Kier alpha value is -1.26. The van der Waals surface area contributed by atoms with Crippen LogP contribution in [0, 0.1) is 6.92 Å². The molecule has 0 unspecified atom stereocenters. The molecule has 1 N–H and O–H groups in total. The van der Waals surface area contributed by atoms with Gasteiger partial charge in [0.1, 0.15) is 0 Å². The molecule has 1 amide bonds. The summed E-state index contributed by atoms with van der Waals surface area (Å²) < 4.78 is 1.04. The molecule has 0 saturated carbocycles. The van der Waals surface area contributed by atoms with Gasteiger partial charge >= 0.3 is 0 Å². The lowest BCUT2D eigenvalue weighted by molar-refractivity contribution is -0.119. The second-order valence-electron chi connectivity index (χ2n) is 4.89. The Balaban J connectivity index is 1.87. The Morgan fingerprint density at radius 1 is 1.19 bits per heavy atom. The third kappa shape index (κ3) is 4.90. The van der Waals surface area contributed by atoms with Gasteiger partial charge in [-0.2, -0.15) is 0 Å². The highest BCUT2D eigenvalue weighted by molar-refractivity contribution is 9.10. The van der Waals surface area contributed by atoms with Crippen molar-refractivity contribution < 1.29 is 4.79 Å². The molecule has 0 fully saturated rings. The highest BCUT2D eigenvalue weighted by atomic mass is 79.9. The van der Waals surface area contributed by atoms with Crippen LogP contribution in [-0.4, -0.2) is 11.7 Å².